The van der Waals surface area contributed by atoms with Crippen molar-refractivity contribution in [2.45, 2.75) is 6.54 Å². The van der Waals surface area contributed by atoms with Crippen molar-refractivity contribution in [1.29, 1.82) is 0 Å². The highest BCUT2D eigenvalue weighted by Crippen LogP contribution is 2.33. The number of rotatable bonds is 4. The predicted octanol–water partition coefficient (Wildman–Crippen LogP) is 5.27. The highest BCUT2D eigenvalue weighted by molar-refractivity contribution is 9.10. The molecule has 0 aliphatic heterocycles. The third-order valence-corrected chi connectivity index (χ3v) is 3.50. The molecule has 0 heterocycles. The molecule has 0 aliphatic rings. The average Bonchev–Trinajstić information content (AvgIpc) is 2.32. The molecule has 0 spiro atoms. The van der Waals surface area contributed by atoms with Gasteiger partial charge in [-0.1, -0.05) is 29.3 Å². The fraction of sp³-hybridized carbons (Fsp3) is 0.143. The topological polar surface area (TPSA) is 21.3 Å². The first-order valence-corrected chi connectivity index (χ1v) is 7.20. The molecule has 2 nitrogen and oxygen atoms in total. The summed E-state index contributed by atoms with van der Waals surface area (Å²) in [4.78, 5) is 0. The van der Waals surface area contributed by atoms with Crippen LogP contribution in [0.15, 0.2) is 40.9 Å². The van der Waals surface area contributed by atoms with Crippen molar-refractivity contribution in [1.82, 2.24) is 5.32 Å². The summed E-state index contributed by atoms with van der Waals surface area (Å²) >= 11 is 15.4. The summed E-state index contributed by atoms with van der Waals surface area (Å²) in [7, 11) is 1.91. The maximum atomic E-state index is 5.94. The number of halogens is 3. The molecule has 1 N–H and O–H groups in total. The van der Waals surface area contributed by atoms with E-state index in [2.05, 4.69) is 21.2 Å². The molecule has 0 saturated heterocycles. The third-order valence-electron chi connectivity index (χ3n) is 2.44. The molecule has 100 valence electrons. The standard InChI is InChI=1S/C14H12BrCl2NO/c1-18-8-9-2-3-14(13(15)4-9)19-12-6-10(16)5-11(17)7-12/h2-7,18H,8H2,1H3. The largest absolute Gasteiger partial charge is 0.456 e. The number of benzene rings is 2. The Bertz CT molecular complexity index is 569. The van der Waals surface area contributed by atoms with Gasteiger partial charge in [-0.25, -0.2) is 0 Å². The molecule has 0 saturated carbocycles. The summed E-state index contributed by atoms with van der Waals surface area (Å²) in [6, 6.07) is 11.0. The molecule has 2 aromatic carbocycles. The molecule has 5 heteroatoms. The zero-order chi connectivity index (χ0) is 13.8. The molecular formula is C14H12BrCl2NO. The molecule has 0 bridgehead atoms. The van der Waals surface area contributed by atoms with Crippen LogP contribution in [0.3, 0.4) is 0 Å². The first-order chi connectivity index (χ1) is 9.08. The zero-order valence-corrected chi connectivity index (χ0v) is 13.3. The van der Waals surface area contributed by atoms with E-state index in [1.807, 2.05) is 25.2 Å². The fourth-order valence-electron chi connectivity index (χ4n) is 1.66. The maximum Gasteiger partial charge on any atom is 0.141 e. The Morgan fingerprint density at radius 2 is 1.79 bits per heavy atom. The number of ether oxygens (including phenoxy) is 1. The molecule has 0 atom stereocenters. The highest BCUT2D eigenvalue weighted by Gasteiger charge is 2.06. The molecule has 0 amide bonds. The van der Waals surface area contributed by atoms with E-state index in [0.29, 0.717) is 15.8 Å². The lowest BCUT2D eigenvalue weighted by molar-refractivity contribution is 0.479. The van der Waals surface area contributed by atoms with Crippen molar-refractivity contribution in [3.63, 3.8) is 0 Å². The van der Waals surface area contributed by atoms with E-state index in [0.717, 1.165) is 16.8 Å². The second kappa shape index (κ2) is 6.62. The van der Waals surface area contributed by atoms with Gasteiger partial charge in [-0.2, -0.15) is 0 Å². The fourth-order valence-corrected chi connectivity index (χ4v) is 2.67. The summed E-state index contributed by atoms with van der Waals surface area (Å²) < 4.78 is 6.65. The number of nitrogens with one attached hydrogen (secondary N) is 1. The lowest BCUT2D eigenvalue weighted by Gasteiger charge is -2.10. The van der Waals surface area contributed by atoms with Crippen molar-refractivity contribution < 1.29 is 4.74 Å². The zero-order valence-electron chi connectivity index (χ0n) is 10.2. The van der Waals surface area contributed by atoms with Crippen LogP contribution in [0.4, 0.5) is 0 Å². The van der Waals surface area contributed by atoms with Crippen molar-refractivity contribution in [2.75, 3.05) is 7.05 Å². The van der Waals surface area contributed by atoms with E-state index >= 15 is 0 Å². The lowest BCUT2D eigenvalue weighted by atomic mass is 10.2. The molecule has 0 radical (unpaired) electrons. The van der Waals surface area contributed by atoms with Crippen LogP contribution in [0.1, 0.15) is 5.56 Å². The summed E-state index contributed by atoms with van der Waals surface area (Å²) in [5, 5.41) is 4.19. The second-order valence-electron chi connectivity index (χ2n) is 4.00. The van der Waals surface area contributed by atoms with Crippen molar-refractivity contribution in [3.8, 4) is 11.5 Å². The minimum Gasteiger partial charge on any atom is -0.456 e. The normalized spacial score (nSPS) is 10.5. The predicted molar refractivity (Wildman–Crippen MR) is 83.4 cm³/mol. The molecule has 0 fully saturated rings. The van der Waals surface area contributed by atoms with Crippen LogP contribution in [0.5, 0.6) is 11.5 Å². The van der Waals surface area contributed by atoms with Gasteiger partial charge in [0, 0.05) is 16.6 Å². The average molecular weight is 361 g/mol. The Morgan fingerprint density at radius 3 is 2.37 bits per heavy atom. The van der Waals surface area contributed by atoms with Crippen LogP contribution in [-0.2, 0) is 6.54 Å². The van der Waals surface area contributed by atoms with Crippen LogP contribution < -0.4 is 10.1 Å². The van der Waals surface area contributed by atoms with Crippen LogP contribution in [-0.4, -0.2) is 7.05 Å². The van der Waals surface area contributed by atoms with Gasteiger partial charge in [-0.05, 0) is 58.9 Å². The Morgan fingerprint density at radius 1 is 1.11 bits per heavy atom. The van der Waals surface area contributed by atoms with E-state index in [9.17, 15) is 0 Å². The van der Waals surface area contributed by atoms with E-state index in [-0.39, 0.29) is 0 Å². The van der Waals surface area contributed by atoms with E-state index < -0.39 is 0 Å². The molecule has 0 aromatic heterocycles. The van der Waals surface area contributed by atoms with Gasteiger partial charge >= 0.3 is 0 Å². The first-order valence-electron chi connectivity index (χ1n) is 5.65. The first kappa shape index (κ1) is 14.7. The van der Waals surface area contributed by atoms with Crippen LogP contribution >= 0.6 is 39.1 Å². The summed E-state index contributed by atoms with van der Waals surface area (Å²) in [6.07, 6.45) is 0. The highest BCUT2D eigenvalue weighted by atomic mass is 79.9. The molecular weight excluding hydrogens is 349 g/mol. The smallest absolute Gasteiger partial charge is 0.141 e. The quantitative estimate of drug-likeness (QED) is 0.802. The molecule has 19 heavy (non-hydrogen) atoms. The van der Waals surface area contributed by atoms with Crippen molar-refractivity contribution >= 4 is 39.1 Å². The van der Waals surface area contributed by atoms with Gasteiger partial charge in [0.2, 0.25) is 0 Å². The van der Waals surface area contributed by atoms with Crippen molar-refractivity contribution in [3.05, 3.63) is 56.5 Å². The Kier molecular flexibility index (Phi) is 5.11. The lowest BCUT2D eigenvalue weighted by Crippen LogP contribution is -2.04. The molecule has 2 aromatic rings. The van der Waals surface area contributed by atoms with Gasteiger partial charge in [0.15, 0.2) is 0 Å². The van der Waals surface area contributed by atoms with Crippen LogP contribution in [0.25, 0.3) is 0 Å². The molecule has 0 aliphatic carbocycles. The maximum absolute atomic E-state index is 5.94. The number of hydrogen-bond donors (Lipinski definition) is 1. The minimum absolute atomic E-state index is 0.547. The summed E-state index contributed by atoms with van der Waals surface area (Å²) in [6.45, 7) is 0.807. The third kappa shape index (κ3) is 4.11. The SMILES string of the molecule is CNCc1ccc(Oc2cc(Cl)cc(Cl)c2)c(Br)c1. The monoisotopic (exact) mass is 359 g/mol. The van der Waals surface area contributed by atoms with Crippen LogP contribution in [0.2, 0.25) is 10.0 Å². The summed E-state index contributed by atoms with van der Waals surface area (Å²) in [5.41, 5.74) is 1.17. The Balaban J connectivity index is 2.23. The van der Waals surface area contributed by atoms with Crippen molar-refractivity contribution in [2.24, 2.45) is 0 Å². The molecule has 0 unspecified atom stereocenters. The van der Waals surface area contributed by atoms with Gasteiger partial charge in [-0.15, -0.1) is 0 Å². The van der Waals surface area contributed by atoms with Gasteiger partial charge in [0.05, 0.1) is 4.47 Å². The summed E-state index contributed by atoms with van der Waals surface area (Å²) in [5.74, 6) is 1.33. The molecule has 2 rings (SSSR count). The van der Waals surface area contributed by atoms with Gasteiger partial charge < -0.3 is 10.1 Å². The van der Waals surface area contributed by atoms with Gasteiger partial charge in [0.1, 0.15) is 11.5 Å². The van der Waals surface area contributed by atoms with E-state index in [1.54, 1.807) is 18.2 Å². The van der Waals surface area contributed by atoms with Crippen LogP contribution in [0, 0.1) is 0 Å². The van der Waals surface area contributed by atoms with E-state index in [1.165, 1.54) is 5.56 Å². The Hall–Kier alpha value is -0.740. The van der Waals surface area contributed by atoms with E-state index in [4.69, 9.17) is 27.9 Å². The van der Waals surface area contributed by atoms with Gasteiger partial charge in [-0.3, -0.25) is 0 Å². The van der Waals surface area contributed by atoms with Gasteiger partial charge in [0.25, 0.3) is 0 Å². The minimum atomic E-state index is 0.547. The second-order valence-corrected chi connectivity index (χ2v) is 5.73. The Labute approximate surface area is 130 Å². The number of hydrogen-bond acceptors (Lipinski definition) is 2.